The molecule has 1 fully saturated rings. The fourth-order valence-corrected chi connectivity index (χ4v) is 4.02. The predicted molar refractivity (Wildman–Crippen MR) is 88.8 cm³/mol. The van der Waals surface area contributed by atoms with Gasteiger partial charge in [-0.2, -0.15) is 5.26 Å². The first-order valence-electron chi connectivity index (χ1n) is 7.48. The summed E-state index contributed by atoms with van der Waals surface area (Å²) in [7, 11) is -3.12. The minimum atomic E-state index is -3.12. The van der Waals surface area contributed by atoms with E-state index in [1.54, 1.807) is 24.3 Å². The van der Waals surface area contributed by atoms with E-state index in [0.29, 0.717) is 17.7 Å². The zero-order valence-electron chi connectivity index (χ0n) is 13.5. The second-order valence-electron chi connectivity index (χ2n) is 6.31. The normalized spacial score (nSPS) is 19.3. The molecule has 0 saturated carbocycles. The van der Waals surface area contributed by atoms with Gasteiger partial charge in [-0.15, -0.1) is 0 Å². The van der Waals surface area contributed by atoms with Crippen LogP contribution in [0.4, 0.5) is 5.69 Å². The van der Waals surface area contributed by atoms with Gasteiger partial charge >= 0.3 is 0 Å². The van der Waals surface area contributed by atoms with Gasteiger partial charge in [-0.25, -0.2) is 8.42 Å². The van der Waals surface area contributed by atoms with E-state index in [4.69, 9.17) is 5.26 Å². The third-order valence-corrected chi connectivity index (χ3v) is 5.77. The van der Waals surface area contributed by atoms with Crippen molar-refractivity contribution in [1.82, 2.24) is 5.32 Å². The summed E-state index contributed by atoms with van der Waals surface area (Å²) in [6.45, 7) is 2.91. The van der Waals surface area contributed by atoms with E-state index in [2.05, 4.69) is 10.6 Å². The number of carbonyl (C=O) groups excluding carboxylic acids is 2. The first kappa shape index (κ1) is 17.9. The zero-order valence-corrected chi connectivity index (χ0v) is 14.3. The van der Waals surface area contributed by atoms with Crippen molar-refractivity contribution in [2.24, 2.45) is 5.41 Å². The molecule has 8 heteroatoms. The Labute approximate surface area is 141 Å². The Morgan fingerprint density at radius 2 is 1.92 bits per heavy atom. The molecule has 1 aliphatic rings. The summed E-state index contributed by atoms with van der Waals surface area (Å²) in [6.07, 6.45) is 0.350. The van der Waals surface area contributed by atoms with Gasteiger partial charge in [0, 0.05) is 6.04 Å². The third-order valence-electron chi connectivity index (χ3n) is 4.00. The van der Waals surface area contributed by atoms with Crippen LogP contribution >= 0.6 is 0 Å². The van der Waals surface area contributed by atoms with Crippen molar-refractivity contribution in [3.05, 3.63) is 29.8 Å². The lowest BCUT2D eigenvalue weighted by atomic mass is 9.90. The Kier molecular flexibility index (Phi) is 4.94. The van der Waals surface area contributed by atoms with Crippen LogP contribution in [0.2, 0.25) is 0 Å². The Bertz CT molecular complexity index is 809. The molecule has 1 aromatic rings. The van der Waals surface area contributed by atoms with Crippen LogP contribution in [-0.4, -0.2) is 37.8 Å². The maximum absolute atomic E-state index is 12.4. The minimum absolute atomic E-state index is 0.0418. The van der Waals surface area contributed by atoms with Crippen LogP contribution in [-0.2, 0) is 19.4 Å². The highest BCUT2D eigenvalue weighted by Gasteiger charge is 2.39. The van der Waals surface area contributed by atoms with E-state index in [9.17, 15) is 18.0 Å². The van der Waals surface area contributed by atoms with Gasteiger partial charge in [-0.05, 0) is 32.4 Å². The van der Waals surface area contributed by atoms with Gasteiger partial charge in [0.2, 0.25) is 11.8 Å². The number of nitrogens with one attached hydrogen (secondary N) is 2. The summed E-state index contributed by atoms with van der Waals surface area (Å²) in [5, 5.41) is 14.3. The van der Waals surface area contributed by atoms with Gasteiger partial charge < -0.3 is 10.6 Å². The summed E-state index contributed by atoms with van der Waals surface area (Å²) in [5.74, 6) is -1.17. The predicted octanol–water partition coefficient (Wildman–Crippen LogP) is 0.826. The Morgan fingerprint density at radius 3 is 2.50 bits per heavy atom. The molecule has 1 aliphatic heterocycles. The molecular weight excluding hydrogens is 330 g/mol. The van der Waals surface area contributed by atoms with Crippen LogP contribution in [0.15, 0.2) is 24.3 Å². The van der Waals surface area contributed by atoms with Crippen LogP contribution in [0.5, 0.6) is 0 Å². The maximum Gasteiger partial charge on any atom is 0.239 e. The molecule has 1 saturated heterocycles. The number of hydrogen-bond donors (Lipinski definition) is 2. The molecule has 1 atom stereocenters. The summed E-state index contributed by atoms with van der Waals surface area (Å²) in [5.41, 5.74) is -0.784. The first-order valence-corrected chi connectivity index (χ1v) is 9.30. The summed E-state index contributed by atoms with van der Waals surface area (Å²) in [4.78, 5) is 24.8. The molecule has 0 bridgehead atoms. The molecule has 2 N–H and O–H groups in total. The topological polar surface area (TPSA) is 116 Å². The van der Waals surface area contributed by atoms with Gasteiger partial charge in [0.1, 0.15) is 11.5 Å². The second kappa shape index (κ2) is 6.61. The lowest BCUT2D eigenvalue weighted by Crippen LogP contribution is -2.48. The largest absolute Gasteiger partial charge is 0.351 e. The lowest BCUT2D eigenvalue weighted by molar-refractivity contribution is -0.138. The average molecular weight is 349 g/mol. The van der Waals surface area contributed by atoms with Crippen LogP contribution in [0.3, 0.4) is 0 Å². The number of nitriles is 1. The number of nitrogens with zero attached hydrogens (tertiary/aromatic N) is 1. The Hall–Kier alpha value is -2.40. The van der Waals surface area contributed by atoms with E-state index in [1.165, 1.54) is 13.8 Å². The number of amides is 2. The maximum atomic E-state index is 12.4. The summed E-state index contributed by atoms with van der Waals surface area (Å²) in [6, 6.07) is 7.98. The van der Waals surface area contributed by atoms with Crippen molar-refractivity contribution in [3.8, 4) is 6.07 Å². The van der Waals surface area contributed by atoms with E-state index in [1.807, 2.05) is 6.07 Å². The van der Waals surface area contributed by atoms with Crippen molar-refractivity contribution >= 4 is 27.3 Å². The number of benzene rings is 1. The molecule has 0 spiro atoms. The highest BCUT2D eigenvalue weighted by Crippen LogP contribution is 2.22. The van der Waals surface area contributed by atoms with Crippen molar-refractivity contribution in [3.63, 3.8) is 0 Å². The lowest BCUT2D eigenvalue weighted by Gasteiger charge is -2.24. The van der Waals surface area contributed by atoms with Crippen LogP contribution in [0, 0.1) is 16.7 Å². The molecular formula is C16H19N3O4S. The Balaban J connectivity index is 2.07. The van der Waals surface area contributed by atoms with Crippen molar-refractivity contribution in [2.75, 3.05) is 16.8 Å². The van der Waals surface area contributed by atoms with Crippen LogP contribution in [0.25, 0.3) is 0 Å². The molecule has 1 heterocycles. The number of rotatable bonds is 4. The highest BCUT2D eigenvalue weighted by atomic mass is 32.2. The van der Waals surface area contributed by atoms with Gasteiger partial charge in [-0.3, -0.25) is 9.59 Å². The van der Waals surface area contributed by atoms with Gasteiger partial charge in [-0.1, -0.05) is 12.1 Å². The molecule has 128 valence electrons. The monoisotopic (exact) mass is 349 g/mol. The summed E-state index contributed by atoms with van der Waals surface area (Å²) >= 11 is 0. The standard InChI is InChI=1S/C16H19N3O4S/c1-16(2,14(20)18-12-7-8-24(22,23)10-12)15(21)19-13-6-4-3-5-11(13)9-17/h3-6,12H,7-8,10H2,1-2H3,(H,18,20)(H,19,21). The fourth-order valence-electron chi connectivity index (χ4n) is 2.35. The molecule has 1 aromatic carbocycles. The van der Waals surface area contributed by atoms with Gasteiger partial charge in [0.05, 0.1) is 22.8 Å². The quantitative estimate of drug-likeness (QED) is 0.781. The average Bonchev–Trinajstić information content (AvgIpc) is 2.86. The van der Waals surface area contributed by atoms with Crippen LogP contribution in [0.1, 0.15) is 25.8 Å². The zero-order chi connectivity index (χ0) is 18.0. The second-order valence-corrected chi connectivity index (χ2v) is 8.54. The number of anilines is 1. The van der Waals surface area contributed by atoms with Gasteiger partial charge in [0.15, 0.2) is 9.84 Å². The van der Waals surface area contributed by atoms with Gasteiger partial charge in [0.25, 0.3) is 0 Å². The SMILES string of the molecule is CC(C)(C(=O)Nc1ccccc1C#N)C(=O)NC1CCS(=O)(=O)C1. The van der Waals surface area contributed by atoms with Crippen molar-refractivity contribution in [2.45, 2.75) is 26.3 Å². The van der Waals surface area contributed by atoms with Crippen LogP contribution < -0.4 is 10.6 Å². The molecule has 2 rings (SSSR count). The van der Waals surface area contributed by atoms with E-state index in [-0.39, 0.29) is 11.5 Å². The highest BCUT2D eigenvalue weighted by molar-refractivity contribution is 7.91. The molecule has 7 nitrogen and oxygen atoms in total. The first-order chi connectivity index (χ1) is 11.2. The Morgan fingerprint density at radius 1 is 1.25 bits per heavy atom. The third kappa shape index (κ3) is 3.92. The van der Waals surface area contributed by atoms with Crippen molar-refractivity contribution < 1.29 is 18.0 Å². The fraction of sp³-hybridized carbons (Fsp3) is 0.438. The smallest absolute Gasteiger partial charge is 0.239 e. The number of para-hydroxylation sites is 1. The number of sulfone groups is 1. The van der Waals surface area contributed by atoms with E-state index < -0.39 is 33.1 Å². The number of hydrogen-bond acceptors (Lipinski definition) is 5. The summed E-state index contributed by atoms with van der Waals surface area (Å²) < 4.78 is 22.9. The molecule has 2 amide bonds. The molecule has 0 radical (unpaired) electrons. The molecule has 0 aliphatic carbocycles. The van der Waals surface area contributed by atoms with E-state index >= 15 is 0 Å². The molecule has 24 heavy (non-hydrogen) atoms. The molecule has 0 aromatic heterocycles. The number of carbonyl (C=O) groups is 2. The minimum Gasteiger partial charge on any atom is -0.351 e. The van der Waals surface area contributed by atoms with E-state index in [0.717, 1.165) is 0 Å². The van der Waals surface area contributed by atoms with Crippen molar-refractivity contribution in [1.29, 1.82) is 5.26 Å². The molecule has 1 unspecified atom stereocenters.